The molecule has 1 N–H and O–H groups in total. The summed E-state index contributed by atoms with van der Waals surface area (Å²) < 4.78 is 1.77. The summed E-state index contributed by atoms with van der Waals surface area (Å²) in [6, 6.07) is 0. The van der Waals surface area contributed by atoms with Gasteiger partial charge in [0.2, 0.25) is 0 Å². The summed E-state index contributed by atoms with van der Waals surface area (Å²) in [7, 11) is 1.89. The van der Waals surface area contributed by atoms with Crippen molar-refractivity contribution in [3.05, 3.63) is 17.5 Å². The molecular formula is C13H24N2O. The van der Waals surface area contributed by atoms with Crippen molar-refractivity contribution in [1.82, 2.24) is 9.78 Å². The van der Waals surface area contributed by atoms with Crippen LogP contribution in [0.25, 0.3) is 0 Å². The van der Waals surface area contributed by atoms with E-state index in [1.165, 1.54) is 25.7 Å². The van der Waals surface area contributed by atoms with Gasteiger partial charge in [0.15, 0.2) is 0 Å². The van der Waals surface area contributed by atoms with Gasteiger partial charge in [-0.05, 0) is 13.3 Å². The number of aromatic nitrogens is 2. The maximum atomic E-state index is 10.0. The zero-order valence-corrected chi connectivity index (χ0v) is 10.7. The molecule has 92 valence electrons. The minimum atomic E-state index is -0.338. The van der Waals surface area contributed by atoms with Crippen LogP contribution in [0.5, 0.6) is 0 Å². The van der Waals surface area contributed by atoms with E-state index in [0.29, 0.717) is 0 Å². The van der Waals surface area contributed by atoms with Gasteiger partial charge >= 0.3 is 0 Å². The van der Waals surface area contributed by atoms with Crippen LogP contribution in [0.2, 0.25) is 0 Å². The fraction of sp³-hybridized carbons (Fsp3) is 0.769. The zero-order valence-electron chi connectivity index (χ0n) is 10.7. The predicted octanol–water partition coefficient (Wildman–Crippen LogP) is 3.12. The molecule has 0 aliphatic rings. The van der Waals surface area contributed by atoms with Gasteiger partial charge in [-0.3, -0.25) is 4.68 Å². The van der Waals surface area contributed by atoms with Gasteiger partial charge in [-0.2, -0.15) is 5.10 Å². The third-order valence-corrected chi connectivity index (χ3v) is 2.99. The van der Waals surface area contributed by atoms with Crippen molar-refractivity contribution in [1.29, 1.82) is 0 Å². The van der Waals surface area contributed by atoms with E-state index in [2.05, 4.69) is 12.0 Å². The maximum absolute atomic E-state index is 10.0. The van der Waals surface area contributed by atoms with Crippen molar-refractivity contribution in [2.45, 2.75) is 58.5 Å². The topological polar surface area (TPSA) is 38.0 Å². The van der Waals surface area contributed by atoms with Crippen LogP contribution < -0.4 is 0 Å². The lowest BCUT2D eigenvalue weighted by atomic mass is 10.0. The van der Waals surface area contributed by atoms with E-state index in [1.54, 1.807) is 4.68 Å². The van der Waals surface area contributed by atoms with Gasteiger partial charge in [-0.1, -0.05) is 39.0 Å². The molecule has 0 bridgehead atoms. The largest absolute Gasteiger partial charge is 0.388 e. The molecule has 0 amide bonds. The number of hydrogen-bond donors (Lipinski definition) is 1. The lowest BCUT2D eigenvalue weighted by Gasteiger charge is -2.09. The van der Waals surface area contributed by atoms with E-state index >= 15 is 0 Å². The highest BCUT2D eigenvalue weighted by molar-refractivity contribution is 5.18. The average molecular weight is 224 g/mol. The van der Waals surface area contributed by atoms with Crippen LogP contribution in [0.3, 0.4) is 0 Å². The molecule has 1 rings (SSSR count). The molecule has 0 aromatic carbocycles. The fourth-order valence-corrected chi connectivity index (χ4v) is 2.04. The van der Waals surface area contributed by atoms with Crippen molar-refractivity contribution in [2.24, 2.45) is 7.05 Å². The summed E-state index contributed by atoms with van der Waals surface area (Å²) >= 11 is 0. The molecule has 1 atom stereocenters. The Morgan fingerprint density at radius 1 is 1.31 bits per heavy atom. The summed E-state index contributed by atoms with van der Waals surface area (Å²) in [5, 5.41) is 14.3. The first-order chi connectivity index (χ1) is 7.65. The van der Waals surface area contributed by atoms with E-state index in [0.717, 1.165) is 24.1 Å². The summed E-state index contributed by atoms with van der Waals surface area (Å²) in [4.78, 5) is 0. The molecular weight excluding hydrogens is 200 g/mol. The van der Waals surface area contributed by atoms with Crippen LogP contribution >= 0.6 is 0 Å². The number of hydrogen-bond acceptors (Lipinski definition) is 2. The Morgan fingerprint density at radius 3 is 2.56 bits per heavy atom. The van der Waals surface area contributed by atoms with E-state index in [-0.39, 0.29) is 6.10 Å². The highest BCUT2D eigenvalue weighted by atomic mass is 16.3. The fourth-order valence-electron chi connectivity index (χ4n) is 2.04. The van der Waals surface area contributed by atoms with Gasteiger partial charge in [0.25, 0.3) is 0 Å². The molecule has 1 heterocycles. The highest BCUT2D eigenvalue weighted by Gasteiger charge is 2.12. The smallest absolute Gasteiger partial charge is 0.0823 e. The molecule has 0 aliphatic carbocycles. The molecule has 16 heavy (non-hydrogen) atoms. The molecule has 1 aromatic rings. The Kier molecular flexibility index (Phi) is 5.53. The zero-order chi connectivity index (χ0) is 12.0. The van der Waals surface area contributed by atoms with Gasteiger partial charge in [-0.25, -0.2) is 0 Å². The van der Waals surface area contributed by atoms with Crippen molar-refractivity contribution in [3.8, 4) is 0 Å². The first-order valence-electron chi connectivity index (χ1n) is 6.33. The second-order valence-corrected chi connectivity index (χ2v) is 4.56. The summed E-state index contributed by atoms with van der Waals surface area (Å²) in [6.45, 7) is 4.17. The molecule has 0 fully saturated rings. The average Bonchev–Trinajstić information content (AvgIpc) is 2.57. The van der Waals surface area contributed by atoms with Crippen LogP contribution in [-0.2, 0) is 7.05 Å². The van der Waals surface area contributed by atoms with E-state index in [9.17, 15) is 5.11 Å². The molecule has 0 spiro atoms. The van der Waals surface area contributed by atoms with Crippen LogP contribution in [0.4, 0.5) is 0 Å². The van der Waals surface area contributed by atoms with Crippen molar-refractivity contribution in [2.75, 3.05) is 0 Å². The number of aryl methyl sites for hydroxylation is 2. The SMILES string of the molecule is CCCCCCCC(O)c1cn(C)nc1C. The predicted molar refractivity (Wildman–Crippen MR) is 66.3 cm³/mol. The van der Waals surface area contributed by atoms with E-state index in [4.69, 9.17) is 0 Å². The molecule has 0 saturated heterocycles. The molecule has 3 heteroatoms. The van der Waals surface area contributed by atoms with Gasteiger partial charge in [0.05, 0.1) is 11.8 Å². The Labute approximate surface area is 98.5 Å². The first-order valence-corrected chi connectivity index (χ1v) is 6.33. The van der Waals surface area contributed by atoms with Crippen LogP contribution in [-0.4, -0.2) is 14.9 Å². The lowest BCUT2D eigenvalue weighted by Crippen LogP contribution is -1.98. The first kappa shape index (κ1) is 13.2. The van der Waals surface area contributed by atoms with Gasteiger partial charge < -0.3 is 5.11 Å². The third-order valence-electron chi connectivity index (χ3n) is 2.99. The van der Waals surface area contributed by atoms with E-state index in [1.807, 2.05) is 20.2 Å². The number of nitrogens with zero attached hydrogens (tertiary/aromatic N) is 2. The number of unbranched alkanes of at least 4 members (excludes halogenated alkanes) is 4. The maximum Gasteiger partial charge on any atom is 0.0823 e. The van der Waals surface area contributed by atoms with Crippen LogP contribution in [0.15, 0.2) is 6.20 Å². The van der Waals surface area contributed by atoms with Crippen molar-refractivity contribution in [3.63, 3.8) is 0 Å². The standard InChI is InChI=1S/C13H24N2O/c1-4-5-6-7-8-9-13(16)12-10-15(3)14-11(12)2/h10,13,16H,4-9H2,1-3H3. The Bertz CT molecular complexity index is 307. The molecule has 0 radical (unpaired) electrons. The third kappa shape index (κ3) is 3.97. The Morgan fingerprint density at radius 2 is 2.00 bits per heavy atom. The normalized spacial score (nSPS) is 13.0. The molecule has 0 saturated carbocycles. The van der Waals surface area contributed by atoms with Crippen molar-refractivity contribution < 1.29 is 5.11 Å². The quantitative estimate of drug-likeness (QED) is 0.723. The summed E-state index contributed by atoms with van der Waals surface area (Å²) in [5.74, 6) is 0. The van der Waals surface area contributed by atoms with Gasteiger partial charge in [0.1, 0.15) is 0 Å². The number of aliphatic hydroxyl groups is 1. The minimum absolute atomic E-state index is 0.338. The highest BCUT2D eigenvalue weighted by Crippen LogP contribution is 2.22. The summed E-state index contributed by atoms with van der Waals surface area (Å²) in [6.07, 6.45) is 8.64. The molecule has 3 nitrogen and oxygen atoms in total. The van der Waals surface area contributed by atoms with Gasteiger partial charge in [-0.15, -0.1) is 0 Å². The molecule has 1 unspecified atom stereocenters. The van der Waals surface area contributed by atoms with Gasteiger partial charge in [0, 0.05) is 18.8 Å². The number of rotatable bonds is 7. The lowest BCUT2D eigenvalue weighted by molar-refractivity contribution is 0.162. The van der Waals surface area contributed by atoms with Crippen LogP contribution in [0, 0.1) is 6.92 Å². The number of aliphatic hydroxyl groups excluding tert-OH is 1. The Balaban J connectivity index is 2.29. The Hall–Kier alpha value is -0.830. The monoisotopic (exact) mass is 224 g/mol. The minimum Gasteiger partial charge on any atom is -0.388 e. The molecule has 0 aliphatic heterocycles. The van der Waals surface area contributed by atoms with Crippen molar-refractivity contribution >= 4 is 0 Å². The summed E-state index contributed by atoms with van der Waals surface area (Å²) in [5.41, 5.74) is 1.93. The molecule has 1 aromatic heterocycles. The van der Waals surface area contributed by atoms with Crippen LogP contribution in [0.1, 0.15) is 62.8 Å². The second kappa shape index (κ2) is 6.69. The second-order valence-electron chi connectivity index (χ2n) is 4.56. The van der Waals surface area contributed by atoms with E-state index < -0.39 is 0 Å².